The predicted octanol–water partition coefficient (Wildman–Crippen LogP) is 6.77. The number of esters is 1. The van der Waals surface area contributed by atoms with E-state index in [2.05, 4.69) is 78.0 Å². The first-order valence-corrected chi connectivity index (χ1v) is 12.3. The van der Waals surface area contributed by atoms with Crippen molar-refractivity contribution in [2.45, 2.75) is 76.9 Å². The van der Waals surface area contributed by atoms with E-state index >= 15 is 0 Å². The van der Waals surface area contributed by atoms with Gasteiger partial charge < -0.3 is 10.1 Å². The zero-order chi connectivity index (χ0) is 24.3. The van der Waals surface area contributed by atoms with Gasteiger partial charge in [-0.15, -0.1) is 0 Å². The monoisotopic (exact) mass is 462 g/mol. The minimum atomic E-state index is -0.832. The van der Waals surface area contributed by atoms with E-state index < -0.39 is 11.7 Å². The van der Waals surface area contributed by atoms with Gasteiger partial charge in [-0.05, 0) is 57.1 Å². The maximum atomic E-state index is 12.2. The lowest BCUT2D eigenvalue weighted by Gasteiger charge is -2.18. The molecule has 5 nitrogen and oxygen atoms in total. The third-order valence-electron chi connectivity index (χ3n) is 5.19. The Kier molecular flexibility index (Phi) is 13.0. The fourth-order valence-corrected chi connectivity index (χ4v) is 3.15. The molecule has 1 aromatic heterocycles. The molecule has 0 saturated heterocycles. The minimum Gasteiger partial charge on any atom is -0.435 e. The number of carbonyl (C=O) groups excluding carboxylic acids is 2. The Morgan fingerprint density at radius 3 is 2.06 bits per heavy atom. The van der Waals surface area contributed by atoms with Gasteiger partial charge in [-0.3, -0.25) is 9.78 Å². The Morgan fingerprint density at radius 1 is 0.941 bits per heavy atom. The lowest BCUT2D eigenvalue weighted by molar-refractivity contribution is -0.125. The van der Waals surface area contributed by atoms with E-state index in [1.807, 2.05) is 0 Å². The van der Waals surface area contributed by atoms with Crippen molar-refractivity contribution in [2.24, 2.45) is 0 Å². The highest BCUT2D eigenvalue weighted by atomic mass is 16.6. The smallest absolute Gasteiger partial charge is 0.341 e. The van der Waals surface area contributed by atoms with Gasteiger partial charge in [0.2, 0.25) is 5.91 Å². The first-order chi connectivity index (χ1) is 16.7. The molecule has 1 saturated carbocycles. The number of hydrogen-bond donors (Lipinski definition) is 1. The summed E-state index contributed by atoms with van der Waals surface area (Å²) in [6.45, 7) is 2.14. The van der Waals surface area contributed by atoms with Crippen LogP contribution in [0.15, 0.2) is 85.3 Å². The Hall–Kier alpha value is -3.21. The van der Waals surface area contributed by atoms with Crippen molar-refractivity contribution >= 4 is 11.9 Å². The van der Waals surface area contributed by atoms with Crippen molar-refractivity contribution in [3.8, 4) is 0 Å². The van der Waals surface area contributed by atoms with Crippen LogP contribution < -0.4 is 5.32 Å². The van der Waals surface area contributed by atoms with E-state index in [-0.39, 0.29) is 5.91 Å². The molecule has 0 unspecified atom stereocenters. The number of pyridine rings is 1. The zero-order valence-corrected chi connectivity index (χ0v) is 20.3. The molecule has 1 heterocycles. The fraction of sp³-hybridized carbons (Fsp3) is 0.414. The molecule has 0 radical (unpaired) electrons. The normalized spacial score (nSPS) is 15.2. The van der Waals surface area contributed by atoms with Crippen LogP contribution in [0, 0.1) is 0 Å². The van der Waals surface area contributed by atoms with Crippen LogP contribution in [0.1, 0.15) is 81.5 Å². The van der Waals surface area contributed by atoms with E-state index in [0.29, 0.717) is 24.8 Å². The van der Waals surface area contributed by atoms with Crippen LogP contribution in [0.3, 0.4) is 0 Å². The molecular formula is C29H38N2O3. The summed E-state index contributed by atoms with van der Waals surface area (Å²) in [6.07, 6.45) is 33.1. The number of unbranched alkanes of at least 4 members (excludes halogenated alkanes) is 1. The van der Waals surface area contributed by atoms with Crippen molar-refractivity contribution in [1.82, 2.24) is 10.3 Å². The Balaban J connectivity index is 1.49. The summed E-state index contributed by atoms with van der Waals surface area (Å²) in [7, 11) is 0. The van der Waals surface area contributed by atoms with E-state index in [9.17, 15) is 9.59 Å². The van der Waals surface area contributed by atoms with Gasteiger partial charge in [-0.2, -0.15) is 0 Å². The van der Waals surface area contributed by atoms with Gasteiger partial charge >= 0.3 is 5.97 Å². The molecule has 1 N–H and O–H groups in total. The average molecular weight is 463 g/mol. The Bertz CT molecular complexity index is 878. The van der Waals surface area contributed by atoms with Crippen LogP contribution in [0.4, 0.5) is 0 Å². The molecule has 0 spiro atoms. The Morgan fingerprint density at radius 2 is 1.53 bits per heavy atom. The molecule has 1 fully saturated rings. The fourth-order valence-electron chi connectivity index (χ4n) is 3.15. The average Bonchev–Trinajstić information content (AvgIpc) is 3.60. The molecule has 1 amide bonds. The summed E-state index contributed by atoms with van der Waals surface area (Å²) < 4.78 is 5.50. The van der Waals surface area contributed by atoms with Crippen molar-refractivity contribution in [3.05, 3.63) is 90.9 Å². The van der Waals surface area contributed by atoms with Gasteiger partial charge in [0, 0.05) is 31.7 Å². The van der Waals surface area contributed by atoms with Crippen molar-refractivity contribution in [3.63, 3.8) is 0 Å². The third-order valence-corrected chi connectivity index (χ3v) is 5.19. The lowest BCUT2D eigenvalue weighted by atomic mass is 10.2. The maximum absolute atomic E-state index is 12.2. The number of amides is 1. The minimum absolute atomic E-state index is 0.0798. The van der Waals surface area contributed by atoms with Gasteiger partial charge in [0.05, 0.1) is 5.56 Å². The van der Waals surface area contributed by atoms with E-state index in [1.54, 1.807) is 18.3 Å². The van der Waals surface area contributed by atoms with Crippen LogP contribution in [0.5, 0.6) is 0 Å². The molecule has 0 atom stereocenters. The first-order valence-electron chi connectivity index (χ1n) is 12.3. The first kappa shape index (κ1) is 27.0. The van der Waals surface area contributed by atoms with Gasteiger partial charge in [-0.25, -0.2) is 4.79 Å². The summed E-state index contributed by atoms with van der Waals surface area (Å²) in [5.74, 6) is -0.534. The SMILES string of the molecule is CC/C=C\C/C=C\C/C=C\C/C=C\C/C=C\CCCC(=O)NC1(OC(=O)c2cccnc2)CC1. The number of aromatic nitrogens is 1. The Labute approximate surface area is 204 Å². The summed E-state index contributed by atoms with van der Waals surface area (Å²) in [5, 5.41) is 2.87. The number of nitrogens with zero attached hydrogens (tertiary/aromatic N) is 1. The molecular weight excluding hydrogens is 424 g/mol. The molecule has 5 heteroatoms. The van der Waals surface area contributed by atoms with Crippen LogP contribution in [0.2, 0.25) is 0 Å². The van der Waals surface area contributed by atoms with Crippen LogP contribution >= 0.6 is 0 Å². The molecule has 2 rings (SSSR count). The highest BCUT2D eigenvalue weighted by molar-refractivity contribution is 5.89. The molecule has 1 aromatic rings. The van der Waals surface area contributed by atoms with Crippen LogP contribution in [0.25, 0.3) is 0 Å². The summed E-state index contributed by atoms with van der Waals surface area (Å²) in [6, 6.07) is 3.34. The standard InChI is InChI=1S/C29H38N2O3/c1-2-3-4-5-6-7-8-9-10-11-12-13-14-15-16-17-18-21-27(32)31-29(22-23-29)34-28(33)26-20-19-24-30-25-26/h3-4,6-7,9-10,12-13,15-16,19-20,24-25H,2,5,8,11,14,17-18,21-23H2,1H3,(H,31,32)/b4-3-,7-6-,10-9-,13-12-,16-15-. The molecule has 0 aliphatic heterocycles. The number of nitrogens with one attached hydrogen (secondary N) is 1. The summed E-state index contributed by atoms with van der Waals surface area (Å²) in [5.41, 5.74) is -0.442. The van der Waals surface area contributed by atoms with Crippen LogP contribution in [-0.2, 0) is 9.53 Å². The van der Waals surface area contributed by atoms with Crippen molar-refractivity contribution < 1.29 is 14.3 Å². The molecule has 1 aliphatic rings. The highest BCUT2D eigenvalue weighted by Gasteiger charge is 2.48. The van der Waals surface area contributed by atoms with Gasteiger partial charge in [0.1, 0.15) is 0 Å². The summed E-state index contributed by atoms with van der Waals surface area (Å²) >= 11 is 0. The van der Waals surface area contributed by atoms with Gasteiger partial charge in [0.15, 0.2) is 5.72 Å². The second-order valence-corrected chi connectivity index (χ2v) is 8.27. The maximum Gasteiger partial charge on any atom is 0.341 e. The van der Waals surface area contributed by atoms with Crippen molar-refractivity contribution in [1.29, 1.82) is 0 Å². The molecule has 1 aliphatic carbocycles. The van der Waals surface area contributed by atoms with E-state index in [4.69, 9.17) is 4.74 Å². The summed E-state index contributed by atoms with van der Waals surface area (Å²) in [4.78, 5) is 28.3. The lowest BCUT2D eigenvalue weighted by Crippen LogP contribution is -2.40. The van der Waals surface area contributed by atoms with E-state index in [0.717, 1.165) is 44.9 Å². The van der Waals surface area contributed by atoms with Crippen molar-refractivity contribution in [2.75, 3.05) is 0 Å². The molecule has 0 aromatic carbocycles. The molecule has 182 valence electrons. The largest absolute Gasteiger partial charge is 0.435 e. The molecule has 0 bridgehead atoms. The second kappa shape index (κ2) is 16.4. The van der Waals surface area contributed by atoms with E-state index in [1.165, 1.54) is 6.20 Å². The van der Waals surface area contributed by atoms with Gasteiger partial charge in [-0.1, -0.05) is 67.7 Å². The quantitative estimate of drug-likeness (QED) is 0.127. The zero-order valence-electron chi connectivity index (χ0n) is 20.3. The number of carbonyl (C=O) groups is 2. The van der Waals surface area contributed by atoms with Crippen LogP contribution in [-0.4, -0.2) is 22.6 Å². The third kappa shape index (κ3) is 12.1. The number of rotatable bonds is 16. The predicted molar refractivity (Wildman–Crippen MR) is 138 cm³/mol. The van der Waals surface area contributed by atoms with Gasteiger partial charge in [0.25, 0.3) is 0 Å². The highest BCUT2D eigenvalue weighted by Crippen LogP contribution is 2.37. The number of ether oxygens (including phenoxy) is 1. The molecule has 34 heavy (non-hydrogen) atoms. The number of hydrogen-bond acceptors (Lipinski definition) is 4. The second-order valence-electron chi connectivity index (χ2n) is 8.27. The number of allylic oxidation sites excluding steroid dienone is 10. The topological polar surface area (TPSA) is 68.3 Å².